The van der Waals surface area contributed by atoms with Crippen molar-refractivity contribution in [3.63, 3.8) is 0 Å². The lowest BCUT2D eigenvalue weighted by molar-refractivity contribution is -0.127. The molecule has 2 saturated heterocycles. The summed E-state index contributed by atoms with van der Waals surface area (Å²) >= 11 is 0. The van der Waals surface area contributed by atoms with Crippen LogP contribution in [0.1, 0.15) is 44.1 Å². The Balaban J connectivity index is 1.38. The number of aliphatic hydroxyl groups is 1. The number of carbonyl (C=O) groups is 1. The van der Waals surface area contributed by atoms with E-state index in [0.717, 1.165) is 62.9 Å². The molecule has 0 bridgehead atoms. The van der Waals surface area contributed by atoms with E-state index in [9.17, 15) is 9.90 Å². The molecule has 1 spiro atoms. The van der Waals surface area contributed by atoms with Crippen molar-refractivity contribution in [2.24, 2.45) is 0 Å². The summed E-state index contributed by atoms with van der Waals surface area (Å²) in [5, 5.41) is 14.8. The van der Waals surface area contributed by atoms with Gasteiger partial charge in [-0.3, -0.25) is 14.7 Å². The van der Waals surface area contributed by atoms with Crippen molar-refractivity contribution >= 4 is 11.6 Å². The van der Waals surface area contributed by atoms with Crippen molar-refractivity contribution in [3.05, 3.63) is 60.4 Å². The average molecular weight is 407 g/mol. The lowest BCUT2D eigenvalue weighted by Gasteiger charge is -2.50. The van der Waals surface area contributed by atoms with E-state index in [0.29, 0.717) is 6.67 Å². The van der Waals surface area contributed by atoms with Gasteiger partial charge < -0.3 is 15.3 Å². The summed E-state index contributed by atoms with van der Waals surface area (Å²) in [5.74, 6) is 0.136. The van der Waals surface area contributed by atoms with Crippen molar-refractivity contribution in [2.75, 3.05) is 24.7 Å². The van der Waals surface area contributed by atoms with Crippen molar-refractivity contribution in [2.45, 2.75) is 55.7 Å². The van der Waals surface area contributed by atoms with Crippen LogP contribution in [0.3, 0.4) is 0 Å². The number of nitrogens with zero attached hydrogens (tertiary/aromatic N) is 3. The maximum Gasteiger partial charge on any atom is 0.247 e. The largest absolute Gasteiger partial charge is 0.383 e. The Morgan fingerprint density at radius 3 is 2.57 bits per heavy atom. The van der Waals surface area contributed by atoms with Gasteiger partial charge in [0, 0.05) is 42.8 Å². The Labute approximate surface area is 177 Å². The summed E-state index contributed by atoms with van der Waals surface area (Å²) in [6.07, 6.45) is 9.02. The van der Waals surface area contributed by atoms with Gasteiger partial charge in [-0.05, 0) is 43.9 Å². The number of likely N-dealkylation sites (tertiary alicyclic amines) is 1. The van der Waals surface area contributed by atoms with E-state index in [-0.39, 0.29) is 11.9 Å². The van der Waals surface area contributed by atoms with Crippen molar-refractivity contribution in [1.29, 1.82) is 0 Å². The van der Waals surface area contributed by atoms with Crippen LogP contribution in [-0.4, -0.2) is 52.2 Å². The highest BCUT2D eigenvalue weighted by atomic mass is 16.3. The van der Waals surface area contributed by atoms with Gasteiger partial charge in [-0.2, -0.15) is 0 Å². The quantitative estimate of drug-likeness (QED) is 0.820. The fourth-order valence-corrected chi connectivity index (χ4v) is 5.82. The van der Waals surface area contributed by atoms with Crippen LogP contribution in [0.15, 0.2) is 54.9 Å². The average Bonchev–Trinajstić information content (AvgIpc) is 3.11. The van der Waals surface area contributed by atoms with Crippen LogP contribution in [0, 0.1) is 0 Å². The number of benzene rings is 1. The zero-order chi connectivity index (χ0) is 20.6. The minimum absolute atomic E-state index is 0.0717. The molecule has 1 aromatic carbocycles. The summed E-state index contributed by atoms with van der Waals surface area (Å²) in [7, 11) is 0. The molecule has 6 nitrogen and oxygen atoms in total. The molecule has 6 heteroatoms. The number of nitrogens with one attached hydrogen (secondary N) is 1. The van der Waals surface area contributed by atoms with E-state index >= 15 is 0 Å². The molecule has 1 amide bonds. The van der Waals surface area contributed by atoms with Crippen LogP contribution < -0.4 is 10.2 Å². The Bertz CT molecular complexity index is 883. The number of aromatic nitrogens is 1. The Hall–Kier alpha value is -2.44. The third-order valence-electron chi connectivity index (χ3n) is 7.47. The summed E-state index contributed by atoms with van der Waals surface area (Å²) < 4.78 is 0. The molecule has 2 atom stereocenters. The Morgan fingerprint density at radius 2 is 1.83 bits per heavy atom. The van der Waals surface area contributed by atoms with Gasteiger partial charge >= 0.3 is 0 Å². The molecule has 30 heavy (non-hydrogen) atoms. The molecular weight excluding hydrogens is 376 g/mol. The van der Waals surface area contributed by atoms with Gasteiger partial charge in [0.05, 0.1) is 6.67 Å². The molecular formula is C24H30N4O2. The molecule has 158 valence electrons. The van der Waals surface area contributed by atoms with Crippen LogP contribution in [-0.2, 0) is 10.4 Å². The summed E-state index contributed by atoms with van der Waals surface area (Å²) in [6, 6.07) is 14.2. The first-order valence-corrected chi connectivity index (χ1v) is 11.1. The first-order chi connectivity index (χ1) is 14.6. The number of amides is 1. The van der Waals surface area contributed by atoms with Gasteiger partial charge in [-0.15, -0.1) is 0 Å². The first-order valence-electron chi connectivity index (χ1n) is 11.1. The van der Waals surface area contributed by atoms with E-state index in [1.54, 1.807) is 6.20 Å². The van der Waals surface area contributed by atoms with Crippen molar-refractivity contribution in [1.82, 2.24) is 15.2 Å². The standard InChI is InChI=1S/C24H30N4O2/c29-22-23(28(18-26-22)20-8-2-1-3-9-20)12-15-27(16-13-23)21-10-4-5-11-24(21,30)19-7-6-14-25-17-19/h1-3,6-9,14,17,21,30H,4-5,10-13,15-16,18H2,(H,26,29). The highest BCUT2D eigenvalue weighted by Crippen LogP contribution is 2.43. The summed E-state index contributed by atoms with van der Waals surface area (Å²) in [6.45, 7) is 2.18. The molecule has 2 N–H and O–H groups in total. The number of piperidine rings is 1. The van der Waals surface area contributed by atoms with Crippen LogP contribution in [0.4, 0.5) is 5.69 Å². The molecule has 0 radical (unpaired) electrons. The number of carbonyl (C=O) groups excluding carboxylic acids is 1. The lowest BCUT2D eigenvalue weighted by Crippen LogP contribution is -2.61. The van der Waals surface area contributed by atoms with Crippen LogP contribution >= 0.6 is 0 Å². The predicted octanol–water partition coefficient (Wildman–Crippen LogP) is 2.64. The van der Waals surface area contributed by atoms with Gasteiger partial charge in [0.2, 0.25) is 5.91 Å². The molecule has 3 fully saturated rings. The van der Waals surface area contributed by atoms with E-state index < -0.39 is 11.1 Å². The van der Waals surface area contributed by atoms with Crippen LogP contribution in [0.25, 0.3) is 0 Å². The minimum Gasteiger partial charge on any atom is -0.383 e. The zero-order valence-electron chi connectivity index (χ0n) is 17.3. The second-order valence-electron chi connectivity index (χ2n) is 8.92. The zero-order valence-corrected chi connectivity index (χ0v) is 17.3. The van der Waals surface area contributed by atoms with Crippen LogP contribution in [0.5, 0.6) is 0 Å². The molecule has 3 heterocycles. The minimum atomic E-state index is -0.867. The second-order valence-corrected chi connectivity index (χ2v) is 8.92. The molecule has 5 rings (SSSR count). The van der Waals surface area contributed by atoms with E-state index in [2.05, 4.69) is 32.2 Å². The molecule has 1 saturated carbocycles. The number of para-hydroxylation sites is 1. The van der Waals surface area contributed by atoms with Crippen molar-refractivity contribution in [3.8, 4) is 0 Å². The van der Waals surface area contributed by atoms with Gasteiger partial charge in [0.25, 0.3) is 0 Å². The highest BCUT2D eigenvalue weighted by molar-refractivity contribution is 5.93. The number of hydrogen-bond donors (Lipinski definition) is 2. The van der Waals surface area contributed by atoms with Crippen molar-refractivity contribution < 1.29 is 9.90 Å². The van der Waals surface area contributed by atoms with E-state index in [1.807, 2.05) is 36.5 Å². The third kappa shape index (κ3) is 3.10. The molecule has 3 aliphatic rings. The smallest absolute Gasteiger partial charge is 0.247 e. The van der Waals surface area contributed by atoms with Crippen LogP contribution in [0.2, 0.25) is 0 Å². The topological polar surface area (TPSA) is 68.7 Å². The Kier molecular flexibility index (Phi) is 4.99. The van der Waals surface area contributed by atoms with Gasteiger partial charge in [-0.1, -0.05) is 37.1 Å². The molecule has 2 unspecified atom stereocenters. The van der Waals surface area contributed by atoms with Gasteiger partial charge in [-0.25, -0.2) is 0 Å². The maximum absolute atomic E-state index is 12.9. The first kappa shape index (κ1) is 19.5. The molecule has 1 aromatic heterocycles. The number of anilines is 1. The maximum atomic E-state index is 12.9. The van der Waals surface area contributed by atoms with Gasteiger partial charge in [0.1, 0.15) is 11.1 Å². The number of hydrogen-bond acceptors (Lipinski definition) is 5. The monoisotopic (exact) mass is 406 g/mol. The summed E-state index contributed by atoms with van der Waals surface area (Å²) in [4.78, 5) is 21.9. The van der Waals surface area contributed by atoms with E-state index in [4.69, 9.17) is 0 Å². The fraction of sp³-hybridized carbons (Fsp3) is 0.500. The number of rotatable bonds is 3. The molecule has 2 aromatic rings. The SMILES string of the molecule is O=C1NCN(c2ccccc2)C12CCN(C1CCCCC1(O)c1cccnc1)CC2. The van der Waals surface area contributed by atoms with Gasteiger partial charge in [0.15, 0.2) is 0 Å². The Morgan fingerprint density at radius 1 is 1.03 bits per heavy atom. The highest BCUT2D eigenvalue weighted by Gasteiger charge is 2.53. The summed E-state index contributed by atoms with van der Waals surface area (Å²) in [5.41, 5.74) is 0.654. The number of pyridine rings is 1. The van der Waals surface area contributed by atoms with E-state index in [1.165, 1.54) is 0 Å². The molecule has 2 aliphatic heterocycles. The second kappa shape index (κ2) is 7.67. The third-order valence-corrected chi connectivity index (χ3v) is 7.47. The predicted molar refractivity (Wildman–Crippen MR) is 116 cm³/mol. The normalized spacial score (nSPS) is 29.2. The molecule has 1 aliphatic carbocycles. The fourth-order valence-electron chi connectivity index (χ4n) is 5.82. The lowest BCUT2D eigenvalue weighted by atomic mass is 9.74.